The maximum atomic E-state index is 12.9. The zero-order valence-electron chi connectivity index (χ0n) is 18.0. The minimum atomic E-state index is -0.117. The van der Waals surface area contributed by atoms with Crippen LogP contribution in [-0.2, 0) is 11.2 Å². The van der Waals surface area contributed by atoms with Crippen LogP contribution in [0.1, 0.15) is 30.9 Å². The fourth-order valence-corrected chi connectivity index (χ4v) is 3.82. The minimum absolute atomic E-state index is 0.0443. The number of ether oxygens (including phenoxy) is 1. The highest BCUT2D eigenvalue weighted by molar-refractivity contribution is 5.93. The molecule has 6 heteroatoms. The molecular formula is C25H28N4O2. The van der Waals surface area contributed by atoms with Crippen LogP contribution < -0.4 is 15.0 Å². The van der Waals surface area contributed by atoms with Gasteiger partial charge in [0.1, 0.15) is 5.75 Å². The molecule has 1 saturated heterocycles. The molecule has 4 rings (SSSR count). The molecule has 3 aromatic rings. The van der Waals surface area contributed by atoms with E-state index in [1.165, 1.54) is 11.1 Å². The molecule has 1 atom stereocenters. The Morgan fingerprint density at radius 3 is 2.77 bits per heavy atom. The number of benzene rings is 2. The third kappa shape index (κ3) is 5.20. The van der Waals surface area contributed by atoms with Gasteiger partial charge in [0, 0.05) is 31.2 Å². The Morgan fingerprint density at radius 2 is 1.97 bits per heavy atom. The maximum Gasteiger partial charge on any atom is 0.263 e. The van der Waals surface area contributed by atoms with Crippen LogP contribution in [0.2, 0.25) is 0 Å². The average Bonchev–Trinajstić information content (AvgIpc) is 2.81. The molecule has 1 unspecified atom stereocenters. The van der Waals surface area contributed by atoms with Crippen molar-refractivity contribution in [1.82, 2.24) is 9.97 Å². The molecule has 0 bridgehead atoms. The summed E-state index contributed by atoms with van der Waals surface area (Å²) in [6, 6.07) is 15.9. The van der Waals surface area contributed by atoms with Gasteiger partial charge in [-0.15, -0.1) is 0 Å². The smallest absolute Gasteiger partial charge is 0.263 e. The summed E-state index contributed by atoms with van der Waals surface area (Å²) in [6.45, 7) is 5.55. The first-order chi connectivity index (χ1) is 15.1. The van der Waals surface area contributed by atoms with Gasteiger partial charge in [0.25, 0.3) is 5.88 Å². The third-order valence-electron chi connectivity index (χ3n) is 5.58. The lowest BCUT2D eigenvalue weighted by Crippen LogP contribution is -2.41. The molecule has 6 nitrogen and oxygen atoms in total. The number of hydrogen-bond acceptors (Lipinski definition) is 5. The van der Waals surface area contributed by atoms with Gasteiger partial charge in [0.15, 0.2) is 5.82 Å². The minimum Gasteiger partial charge on any atom is -0.436 e. The first kappa shape index (κ1) is 20.8. The van der Waals surface area contributed by atoms with E-state index in [9.17, 15) is 4.79 Å². The maximum absolute atomic E-state index is 12.9. The summed E-state index contributed by atoms with van der Waals surface area (Å²) in [5, 5.41) is 3.09. The average molecular weight is 417 g/mol. The molecule has 0 saturated carbocycles. The molecule has 160 valence electrons. The number of aromatic nitrogens is 2. The van der Waals surface area contributed by atoms with Crippen molar-refractivity contribution in [3.8, 4) is 11.6 Å². The Kier molecular flexibility index (Phi) is 6.46. The molecular weight excluding hydrogens is 388 g/mol. The number of carbonyl (C=O) groups excluding carboxylic acids is 1. The van der Waals surface area contributed by atoms with Gasteiger partial charge in [0.05, 0.1) is 5.92 Å². The van der Waals surface area contributed by atoms with E-state index in [0.29, 0.717) is 18.2 Å². The molecule has 1 fully saturated rings. The normalized spacial score (nSPS) is 16.1. The zero-order chi connectivity index (χ0) is 21.6. The third-order valence-corrected chi connectivity index (χ3v) is 5.58. The Hall–Kier alpha value is -3.41. The van der Waals surface area contributed by atoms with E-state index in [1.54, 1.807) is 12.4 Å². The molecule has 1 aliphatic rings. The molecule has 2 heterocycles. The summed E-state index contributed by atoms with van der Waals surface area (Å²) >= 11 is 0. The van der Waals surface area contributed by atoms with Crippen LogP contribution in [0.5, 0.6) is 11.6 Å². The van der Waals surface area contributed by atoms with E-state index in [-0.39, 0.29) is 11.8 Å². The van der Waals surface area contributed by atoms with Gasteiger partial charge in [-0.2, -0.15) is 0 Å². The Bertz CT molecular complexity index is 1040. The second-order valence-corrected chi connectivity index (χ2v) is 7.93. The van der Waals surface area contributed by atoms with Crippen molar-refractivity contribution >= 4 is 17.4 Å². The van der Waals surface area contributed by atoms with E-state index < -0.39 is 0 Å². The largest absolute Gasteiger partial charge is 0.436 e. The van der Waals surface area contributed by atoms with Crippen molar-refractivity contribution in [2.24, 2.45) is 5.92 Å². The summed E-state index contributed by atoms with van der Waals surface area (Å²) in [6.07, 6.45) is 5.99. The van der Waals surface area contributed by atoms with Crippen molar-refractivity contribution in [3.63, 3.8) is 0 Å². The van der Waals surface area contributed by atoms with Crippen LogP contribution in [0.25, 0.3) is 0 Å². The van der Waals surface area contributed by atoms with Crippen molar-refractivity contribution in [3.05, 3.63) is 72.1 Å². The molecule has 1 aromatic heterocycles. The van der Waals surface area contributed by atoms with E-state index in [1.807, 2.05) is 49.4 Å². The second kappa shape index (κ2) is 9.60. The van der Waals surface area contributed by atoms with Gasteiger partial charge in [-0.3, -0.25) is 4.79 Å². The van der Waals surface area contributed by atoms with Gasteiger partial charge in [0.2, 0.25) is 5.91 Å². The van der Waals surface area contributed by atoms with Crippen LogP contribution in [0.15, 0.2) is 60.9 Å². The lowest BCUT2D eigenvalue weighted by molar-refractivity contribution is -0.120. The van der Waals surface area contributed by atoms with Crippen LogP contribution in [0.3, 0.4) is 0 Å². The number of nitrogens with one attached hydrogen (secondary N) is 1. The van der Waals surface area contributed by atoms with Crippen LogP contribution in [0, 0.1) is 12.8 Å². The zero-order valence-corrected chi connectivity index (χ0v) is 18.0. The van der Waals surface area contributed by atoms with Gasteiger partial charge in [-0.25, -0.2) is 9.97 Å². The number of carbonyl (C=O) groups is 1. The highest BCUT2D eigenvalue weighted by Crippen LogP contribution is 2.31. The lowest BCUT2D eigenvalue weighted by atomic mass is 9.97. The van der Waals surface area contributed by atoms with Gasteiger partial charge >= 0.3 is 0 Å². The number of amides is 1. The lowest BCUT2D eigenvalue weighted by Gasteiger charge is -2.33. The quantitative estimate of drug-likeness (QED) is 0.613. The number of rotatable bonds is 6. The molecule has 31 heavy (non-hydrogen) atoms. The molecule has 0 spiro atoms. The SMILES string of the molecule is CCc1cccc(NC(=O)C2CCCN(c3nccnc3Oc3ccc(C)cc3)C2)c1. The molecule has 1 aliphatic heterocycles. The van der Waals surface area contributed by atoms with Gasteiger partial charge < -0.3 is 15.0 Å². The highest BCUT2D eigenvalue weighted by atomic mass is 16.5. The van der Waals surface area contributed by atoms with Gasteiger partial charge in [-0.1, -0.05) is 36.8 Å². The number of nitrogens with zero attached hydrogens (tertiary/aromatic N) is 3. The van der Waals surface area contributed by atoms with Crippen LogP contribution in [0.4, 0.5) is 11.5 Å². The predicted octanol–water partition coefficient (Wildman–Crippen LogP) is 4.99. The molecule has 2 aromatic carbocycles. The molecule has 1 N–H and O–H groups in total. The molecule has 0 radical (unpaired) electrons. The van der Waals surface area contributed by atoms with E-state index >= 15 is 0 Å². The topological polar surface area (TPSA) is 67.4 Å². The predicted molar refractivity (Wildman–Crippen MR) is 123 cm³/mol. The summed E-state index contributed by atoms with van der Waals surface area (Å²) in [4.78, 5) is 24.0. The van der Waals surface area contributed by atoms with E-state index in [2.05, 4.69) is 33.2 Å². The number of aryl methyl sites for hydroxylation is 2. The highest BCUT2D eigenvalue weighted by Gasteiger charge is 2.28. The van der Waals surface area contributed by atoms with Crippen molar-refractivity contribution < 1.29 is 9.53 Å². The van der Waals surface area contributed by atoms with Crippen LogP contribution in [-0.4, -0.2) is 29.0 Å². The summed E-state index contributed by atoms with van der Waals surface area (Å²) in [5.74, 6) is 1.78. The van der Waals surface area contributed by atoms with Gasteiger partial charge in [-0.05, 0) is 56.0 Å². The standard InChI is InChI=1S/C25H28N4O2/c1-3-19-6-4-8-21(16-19)28-24(30)20-7-5-15-29(17-20)23-25(27-14-13-26-23)31-22-11-9-18(2)10-12-22/h4,6,8-14,16,20H,3,5,7,15,17H2,1-2H3,(H,28,30). The Balaban J connectivity index is 1.47. The first-order valence-corrected chi connectivity index (χ1v) is 10.8. The van der Waals surface area contributed by atoms with E-state index in [4.69, 9.17) is 4.74 Å². The molecule has 1 amide bonds. The van der Waals surface area contributed by atoms with Crippen molar-refractivity contribution in [1.29, 1.82) is 0 Å². The monoisotopic (exact) mass is 416 g/mol. The first-order valence-electron chi connectivity index (χ1n) is 10.8. The van der Waals surface area contributed by atoms with Crippen LogP contribution >= 0.6 is 0 Å². The fraction of sp³-hybridized carbons (Fsp3) is 0.320. The van der Waals surface area contributed by atoms with Crippen molar-refractivity contribution in [2.45, 2.75) is 33.1 Å². The summed E-state index contributed by atoms with van der Waals surface area (Å²) < 4.78 is 6.02. The fourth-order valence-electron chi connectivity index (χ4n) is 3.82. The van der Waals surface area contributed by atoms with E-state index in [0.717, 1.165) is 37.2 Å². The van der Waals surface area contributed by atoms with Crippen molar-refractivity contribution in [2.75, 3.05) is 23.3 Å². The summed E-state index contributed by atoms with van der Waals surface area (Å²) in [5.41, 5.74) is 3.23. The number of piperidine rings is 1. The molecule has 0 aliphatic carbocycles. The Morgan fingerprint density at radius 1 is 1.16 bits per heavy atom. The number of hydrogen-bond donors (Lipinski definition) is 1. The Labute approximate surface area is 183 Å². The number of anilines is 2. The summed E-state index contributed by atoms with van der Waals surface area (Å²) in [7, 11) is 0. The second-order valence-electron chi connectivity index (χ2n) is 7.93.